The maximum absolute atomic E-state index is 12.8. The van der Waals surface area contributed by atoms with E-state index in [-0.39, 0.29) is 43.1 Å². The number of aliphatic carboxylic acids is 1. The van der Waals surface area contributed by atoms with Gasteiger partial charge in [-0.3, -0.25) is 9.59 Å². The molecule has 0 aliphatic heterocycles. The predicted octanol–water partition coefficient (Wildman–Crippen LogP) is 4.70. The molecule has 186 valence electrons. The van der Waals surface area contributed by atoms with Gasteiger partial charge in [0, 0.05) is 18.4 Å². The molecule has 7 heteroatoms. The third kappa shape index (κ3) is 5.66. The van der Waals surface area contributed by atoms with Crippen LogP contribution in [0.1, 0.15) is 63.5 Å². The molecule has 3 N–H and O–H groups in total. The first-order chi connectivity index (χ1) is 16.7. The van der Waals surface area contributed by atoms with Crippen molar-refractivity contribution in [1.82, 2.24) is 10.6 Å². The molecule has 35 heavy (non-hydrogen) atoms. The number of benzene rings is 2. The van der Waals surface area contributed by atoms with Gasteiger partial charge in [0.25, 0.3) is 0 Å². The first-order valence-electron chi connectivity index (χ1n) is 12.3. The van der Waals surface area contributed by atoms with Gasteiger partial charge < -0.3 is 20.5 Å². The van der Waals surface area contributed by atoms with Crippen molar-refractivity contribution in [3.05, 3.63) is 59.7 Å². The third-order valence-electron chi connectivity index (χ3n) is 7.28. The Kier molecular flexibility index (Phi) is 7.15. The van der Waals surface area contributed by atoms with E-state index in [1.807, 2.05) is 38.1 Å². The highest BCUT2D eigenvalue weighted by Gasteiger charge is 2.44. The number of carboxylic acids is 1. The minimum atomic E-state index is -0.933. The third-order valence-corrected chi connectivity index (χ3v) is 7.28. The van der Waals surface area contributed by atoms with Crippen molar-refractivity contribution in [2.45, 2.75) is 64.0 Å². The Labute approximate surface area is 206 Å². The summed E-state index contributed by atoms with van der Waals surface area (Å²) >= 11 is 0. The number of hydrogen-bond acceptors (Lipinski definition) is 4. The minimum Gasteiger partial charge on any atom is -0.481 e. The van der Waals surface area contributed by atoms with Crippen LogP contribution in [0.25, 0.3) is 11.1 Å². The number of carboxylic acid groups (broad SMARTS) is 1. The zero-order chi connectivity index (χ0) is 25.2. The molecule has 4 rings (SSSR count). The van der Waals surface area contributed by atoms with E-state index in [1.54, 1.807) is 6.92 Å². The highest BCUT2D eigenvalue weighted by molar-refractivity contribution is 5.80. The molecule has 2 aliphatic rings. The fourth-order valence-electron chi connectivity index (χ4n) is 5.14. The van der Waals surface area contributed by atoms with Crippen LogP contribution in [0.4, 0.5) is 4.79 Å². The number of amides is 2. The first kappa shape index (κ1) is 24.8. The summed E-state index contributed by atoms with van der Waals surface area (Å²) in [5, 5.41) is 15.1. The summed E-state index contributed by atoms with van der Waals surface area (Å²) in [6.07, 6.45) is 1.21. The Bertz CT molecular complexity index is 1060. The number of rotatable bonds is 10. The quantitative estimate of drug-likeness (QED) is 0.459. The number of alkyl carbamates (subject to hydrolysis) is 1. The van der Waals surface area contributed by atoms with Crippen LogP contribution in [0.5, 0.6) is 0 Å². The van der Waals surface area contributed by atoms with Crippen molar-refractivity contribution in [2.24, 2.45) is 11.8 Å². The van der Waals surface area contributed by atoms with Crippen molar-refractivity contribution < 1.29 is 24.2 Å². The number of ether oxygens (including phenoxy) is 1. The fourth-order valence-corrected chi connectivity index (χ4v) is 5.14. The van der Waals surface area contributed by atoms with Crippen LogP contribution in [0.2, 0.25) is 0 Å². The number of carbonyl (C=O) groups is 3. The summed E-state index contributed by atoms with van der Waals surface area (Å²) in [5.74, 6) is -1.07. The van der Waals surface area contributed by atoms with Crippen molar-refractivity contribution in [2.75, 3.05) is 6.61 Å². The number of nitrogens with one attached hydrogen (secondary N) is 2. The molecule has 1 unspecified atom stereocenters. The van der Waals surface area contributed by atoms with Gasteiger partial charge in [0.15, 0.2) is 0 Å². The normalized spacial score (nSPS) is 17.1. The Morgan fingerprint density at radius 3 is 2.11 bits per heavy atom. The second kappa shape index (κ2) is 10.1. The largest absolute Gasteiger partial charge is 0.481 e. The van der Waals surface area contributed by atoms with Gasteiger partial charge in [-0.1, -0.05) is 62.4 Å². The van der Waals surface area contributed by atoms with E-state index in [9.17, 15) is 19.5 Å². The van der Waals surface area contributed by atoms with E-state index in [1.165, 1.54) is 0 Å². The molecule has 0 heterocycles. The Hall–Kier alpha value is -3.35. The fraction of sp³-hybridized carbons (Fsp3) is 0.464. The van der Waals surface area contributed by atoms with Gasteiger partial charge in [-0.2, -0.15) is 0 Å². The highest BCUT2D eigenvalue weighted by Crippen LogP contribution is 2.44. The molecule has 7 nitrogen and oxygen atoms in total. The van der Waals surface area contributed by atoms with Crippen LogP contribution in [-0.4, -0.2) is 41.3 Å². The topological polar surface area (TPSA) is 105 Å². The van der Waals surface area contributed by atoms with Crippen molar-refractivity contribution in [3.63, 3.8) is 0 Å². The summed E-state index contributed by atoms with van der Waals surface area (Å²) in [6.45, 7) is 5.85. The lowest BCUT2D eigenvalue weighted by Gasteiger charge is -2.31. The van der Waals surface area contributed by atoms with Gasteiger partial charge in [-0.15, -0.1) is 0 Å². The molecule has 1 saturated carbocycles. The number of carbonyl (C=O) groups excluding carboxylic acids is 2. The van der Waals surface area contributed by atoms with Crippen LogP contribution in [0, 0.1) is 11.8 Å². The Morgan fingerprint density at radius 1 is 1.03 bits per heavy atom. The maximum Gasteiger partial charge on any atom is 0.407 e. The maximum atomic E-state index is 12.8. The van der Waals surface area contributed by atoms with Gasteiger partial charge in [-0.25, -0.2) is 4.79 Å². The summed E-state index contributed by atoms with van der Waals surface area (Å²) < 4.78 is 5.64. The Morgan fingerprint density at radius 2 is 1.60 bits per heavy atom. The van der Waals surface area contributed by atoms with Crippen molar-refractivity contribution in [1.29, 1.82) is 0 Å². The predicted molar refractivity (Wildman–Crippen MR) is 133 cm³/mol. The molecule has 2 aromatic carbocycles. The van der Waals surface area contributed by atoms with Gasteiger partial charge in [0.05, 0.1) is 12.0 Å². The second-order valence-electron chi connectivity index (χ2n) is 10.3. The van der Waals surface area contributed by atoms with Crippen LogP contribution in [-0.2, 0) is 14.3 Å². The van der Waals surface area contributed by atoms with Crippen LogP contribution < -0.4 is 10.6 Å². The lowest BCUT2D eigenvalue weighted by molar-refractivity contribution is -0.139. The molecule has 0 bridgehead atoms. The van der Waals surface area contributed by atoms with Crippen molar-refractivity contribution in [3.8, 4) is 11.1 Å². The molecule has 2 aromatic rings. The van der Waals surface area contributed by atoms with Gasteiger partial charge in [0.2, 0.25) is 5.91 Å². The van der Waals surface area contributed by atoms with Gasteiger partial charge in [0.1, 0.15) is 6.61 Å². The smallest absolute Gasteiger partial charge is 0.407 e. The molecule has 1 fully saturated rings. The molecule has 2 amide bonds. The van der Waals surface area contributed by atoms with Gasteiger partial charge >= 0.3 is 12.1 Å². The highest BCUT2D eigenvalue weighted by atomic mass is 16.5. The van der Waals surface area contributed by atoms with Gasteiger partial charge in [-0.05, 0) is 53.9 Å². The summed E-state index contributed by atoms with van der Waals surface area (Å²) in [4.78, 5) is 36.9. The lowest BCUT2D eigenvalue weighted by Crippen LogP contribution is -2.51. The number of fused-ring (bicyclic) bond motifs is 3. The average Bonchev–Trinajstić information content (AvgIpc) is 3.61. The van der Waals surface area contributed by atoms with E-state index in [4.69, 9.17) is 4.74 Å². The SMILES string of the molecule is CC(C)[C@H](CC(=O)NC(C)(CC(=O)O)C1CC1)NC(=O)OCC1c2ccccc2-c2ccccc21. The minimum absolute atomic E-state index is 0.00659. The Balaban J connectivity index is 1.36. The van der Waals surface area contributed by atoms with E-state index < -0.39 is 23.6 Å². The molecule has 2 atom stereocenters. The summed E-state index contributed by atoms with van der Waals surface area (Å²) in [5.41, 5.74) is 3.83. The zero-order valence-electron chi connectivity index (χ0n) is 20.5. The standard InChI is InChI=1S/C28H34N2O5/c1-17(2)24(14-25(31)30-28(3,15-26(32)33)18-12-13-18)29-27(34)35-16-23-21-10-6-4-8-19(21)20-9-5-7-11-22(20)23/h4-11,17-18,23-24H,12-16H2,1-3H3,(H,29,34)(H,30,31)(H,32,33)/t24-,28?/m0/s1. The monoisotopic (exact) mass is 478 g/mol. The zero-order valence-corrected chi connectivity index (χ0v) is 20.5. The van der Waals surface area contributed by atoms with Crippen LogP contribution in [0.15, 0.2) is 48.5 Å². The summed E-state index contributed by atoms with van der Waals surface area (Å²) in [6, 6.07) is 15.9. The number of hydrogen-bond donors (Lipinski definition) is 3. The van der Waals surface area contributed by atoms with Crippen LogP contribution >= 0.6 is 0 Å². The molecule has 0 saturated heterocycles. The van der Waals surface area contributed by atoms with Crippen molar-refractivity contribution >= 4 is 18.0 Å². The first-order valence-corrected chi connectivity index (χ1v) is 12.3. The van der Waals surface area contributed by atoms with Crippen LogP contribution in [0.3, 0.4) is 0 Å². The molecule has 2 aliphatic carbocycles. The van der Waals surface area contributed by atoms with E-state index in [0.29, 0.717) is 0 Å². The molecule has 0 radical (unpaired) electrons. The molecule has 0 spiro atoms. The van der Waals surface area contributed by atoms with E-state index in [2.05, 4.69) is 34.9 Å². The lowest BCUT2D eigenvalue weighted by atomic mass is 9.90. The van der Waals surface area contributed by atoms with E-state index >= 15 is 0 Å². The molecule has 0 aromatic heterocycles. The summed E-state index contributed by atoms with van der Waals surface area (Å²) in [7, 11) is 0. The molecular weight excluding hydrogens is 444 g/mol. The molecular formula is C28H34N2O5. The van der Waals surface area contributed by atoms with E-state index in [0.717, 1.165) is 35.1 Å². The average molecular weight is 479 g/mol. The second-order valence-corrected chi connectivity index (χ2v) is 10.3.